The third-order valence-corrected chi connectivity index (χ3v) is 2.53. The zero-order chi connectivity index (χ0) is 10.8. The first-order chi connectivity index (χ1) is 7.20. The fourth-order valence-electron chi connectivity index (χ4n) is 1.32. The second kappa shape index (κ2) is 4.02. The van der Waals surface area contributed by atoms with Crippen LogP contribution in [-0.2, 0) is 4.79 Å². The maximum atomic E-state index is 11.3. The maximum absolute atomic E-state index is 11.3. The fourth-order valence-corrected chi connectivity index (χ4v) is 1.65. The Kier molecular flexibility index (Phi) is 2.73. The second-order valence-electron chi connectivity index (χ2n) is 3.15. The molecule has 0 aliphatic rings. The standard InChI is InChI=1S/C10H10BrN3O/c1-2-9(15)14-8-5-13-10-7(8)3-6(11)4-12-10/h3-5H,2H2,1H3,(H,12,13)(H,14,15). The smallest absolute Gasteiger partial charge is 0.224 e. The van der Waals surface area contributed by atoms with E-state index in [9.17, 15) is 4.79 Å². The molecule has 0 unspecified atom stereocenters. The van der Waals surface area contributed by atoms with Gasteiger partial charge >= 0.3 is 0 Å². The number of carbonyl (C=O) groups excluding carboxylic acids is 1. The van der Waals surface area contributed by atoms with Crippen LogP contribution in [0.2, 0.25) is 0 Å². The number of halogens is 1. The number of aromatic amines is 1. The third kappa shape index (κ3) is 2.02. The molecule has 2 rings (SSSR count). The number of rotatable bonds is 2. The van der Waals surface area contributed by atoms with Gasteiger partial charge in [0.1, 0.15) is 5.65 Å². The van der Waals surface area contributed by atoms with Gasteiger partial charge in [0.15, 0.2) is 0 Å². The summed E-state index contributed by atoms with van der Waals surface area (Å²) in [4.78, 5) is 18.4. The Morgan fingerprint density at radius 1 is 1.67 bits per heavy atom. The van der Waals surface area contributed by atoms with E-state index in [0.717, 1.165) is 21.2 Å². The summed E-state index contributed by atoms with van der Waals surface area (Å²) < 4.78 is 0.890. The van der Waals surface area contributed by atoms with Crippen molar-refractivity contribution in [2.45, 2.75) is 13.3 Å². The summed E-state index contributed by atoms with van der Waals surface area (Å²) in [5, 5.41) is 3.72. The van der Waals surface area contributed by atoms with Gasteiger partial charge in [0.05, 0.1) is 5.69 Å². The van der Waals surface area contributed by atoms with Gasteiger partial charge in [-0.2, -0.15) is 0 Å². The molecule has 0 saturated carbocycles. The quantitative estimate of drug-likeness (QED) is 0.879. The number of nitrogens with one attached hydrogen (secondary N) is 2. The number of pyridine rings is 1. The molecule has 2 aromatic heterocycles. The predicted octanol–water partition coefficient (Wildman–Crippen LogP) is 2.67. The minimum Gasteiger partial charge on any atom is -0.344 e. The van der Waals surface area contributed by atoms with Gasteiger partial charge in [-0.05, 0) is 22.0 Å². The Labute approximate surface area is 95.2 Å². The number of aromatic nitrogens is 2. The van der Waals surface area contributed by atoms with Crippen LogP contribution in [0.25, 0.3) is 11.0 Å². The summed E-state index contributed by atoms with van der Waals surface area (Å²) >= 11 is 3.35. The summed E-state index contributed by atoms with van der Waals surface area (Å²) in [6.45, 7) is 1.82. The number of H-pyrrole nitrogens is 1. The molecule has 0 radical (unpaired) electrons. The van der Waals surface area contributed by atoms with E-state index in [0.29, 0.717) is 6.42 Å². The molecule has 2 heterocycles. The van der Waals surface area contributed by atoms with Crippen LogP contribution in [0.5, 0.6) is 0 Å². The molecule has 0 spiro atoms. The zero-order valence-electron chi connectivity index (χ0n) is 8.17. The van der Waals surface area contributed by atoms with Crippen molar-refractivity contribution in [1.82, 2.24) is 9.97 Å². The van der Waals surface area contributed by atoms with E-state index in [1.165, 1.54) is 0 Å². The number of fused-ring (bicyclic) bond motifs is 1. The average molecular weight is 268 g/mol. The second-order valence-corrected chi connectivity index (χ2v) is 4.07. The zero-order valence-corrected chi connectivity index (χ0v) is 9.76. The summed E-state index contributed by atoms with van der Waals surface area (Å²) in [6.07, 6.45) is 3.93. The summed E-state index contributed by atoms with van der Waals surface area (Å²) in [6, 6.07) is 1.92. The maximum Gasteiger partial charge on any atom is 0.224 e. The van der Waals surface area contributed by atoms with Crippen molar-refractivity contribution in [3.05, 3.63) is 22.9 Å². The van der Waals surface area contributed by atoms with Gasteiger partial charge in [0.2, 0.25) is 5.91 Å². The van der Waals surface area contributed by atoms with Crippen molar-refractivity contribution in [2.24, 2.45) is 0 Å². The summed E-state index contributed by atoms with van der Waals surface area (Å²) in [7, 11) is 0. The molecule has 1 amide bonds. The SMILES string of the molecule is CCC(=O)Nc1c[nH]c2ncc(Br)cc12. The van der Waals surface area contributed by atoms with Crippen LogP contribution in [0.1, 0.15) is 13.3 Å². The summed E-state index contributed by atoms with van der Waals surface area (Å²) in [5.41, 5.74) is 1.54. The molecule has 0 bridgehead atoms. The molecule has 0 atom stereocenters. The highest BCUT2D eigenvalue weighted by Gasteiger charge is 2.07. The minimum atomic E-state index is -0.00382. The van der Waals surface area contributed by atoms with Crippen molar-refractivity contribution in [3.8, 4) is 0 Å². The molecule has 0 fully saturated rings. The van der Waals surface area contributed by atoms with E-state index < -0.39 is 0 Å². The molecule has 78 valence electrons. The lowest BCUT2D eigenvalue weighted by atomic mass is 10.3. The Hall–Kier alpha value is -1.36. The Morgan fingerprint density at radius 3 is 3.20 bits per heavy atom. The van der Waals surface area contributed by atoms with Crippen LogP contribution in [0.15, 0.2) is 22.9 Å². The molecule has 0 saturated heterocycles. The monoisotopic (exact) mass is 267 g/mol. The van der Waals surface area contributed by atoms with Crippen LogP contribution < -0.4 is 5.32 Å². The molecule has 4 nitrogen and oxygen atoms in total. The van der Waals surface area contributed by atoms with Gasteiger partial charge in [-0.25, -0.2) is 4.98 Å². The number of hydrogen-bond acceptors (Lipinski definition) is 2. The van der Waals surface area contributed by atoms with E-state index in [1.807, 2.05) is 13.0 Å². The highest BCUT2D eigenvalue weighted by Crippen LogP contribution is 2.24. The van der Waals surface area contributed by atoms with Crippen molar-refractivity contribution in [1.29, 1.82) is 0 Å². The van der Waals surface area contributed by atoms with Crippen LogP contribution in [0.4, 0.5) is 5.69 Å². The molecule has 2 aromatic rings. The molecule has 0 aliphatic heterocycles. The lowest BCUT2D eigenvalue weighted by Crippen LogP contribution is -2.08. The first-order valence-corrected chi connectivity index (χ1v) is 5.42. The number of amides is 1. The Morgan fingerprint density at radius 2 is 2.47 bits per heavy atom. The molecule has 0 aromatic carbocycles. The van der Waals surface area contributed by atoms with E-state index in [2.05, 4.69) is 31.2 Å². The first-order valence-electron chi connectivity index (χ1n) is 4.63. The highest BCUT2D eigenvalue weighted by molar-refractivity contribution is 9.10. The normalized spacial score (nSPS) is 10.5. The number of hydrogen-bond donors (Lipinski definition) is 2. The number of carbonyl (C=O) groups is 1. The predicted molar refractivity (Wildman–Crippen MR) is 62.7 cm³/mol. The van der Waals surface area contributed by atoms with Gasteiger partial charge in [0, 0.05) is 28.7 Å². The summed E-state index contributed by atoms with van der Waals surface area (Å²) in [5.74, 6) is -0.00382. The minimum absolute atomic E-state index is 0.00382. The lowest BCUT2D eigenvalue weighted by Gasteiger charge is -2.00. The van der Waals surface area contributed by atoms with Gasteiger partial charge in [0.25, 0.3) is 0 Å². The lowest BCUT2D eigenvalue weighted by molar-refractivity contribution is -0.115. The molecular weight excluding hydrogens is 258 g/mol. The van der Waals surface area contributed by atoms with Crippen LogP contribution in [0, 0.1) is 0 Å². The average Bonchev–Trinajstić information content (AvgIpc) is 2.61. The van der Waals surface area contributed by atoms with E-state index >= 15 is 0 Å². The van der Waals surface area contributed by atoms with Crippen LogP contribution in [0.3, 0.4) is 0 Å². The van der Waals surface area contributed by atoms with Gasteiger partial charge < -0.3 is 10.3 Å². The van der Waals surface area contributed by atoms with Crippen molar-refractivity contribution < 1.29 is 4.79 Å². The Bertz CT molecular complexity index is 506. The van der Waals surface area contributed by atoms with Crippen LogP contribution >= 0.6 is 15.9 Å². The topological polar surface area (TPSA) is 57.8 Å². The van der Waals surface area contributed by atoms with Crippen molar-refractivity contribution in [2.75, 3.05) is 5.32 Å². The van der Waals surface area contributed by atoms with Gasteiger partial charge in [-0.3, -0.25) is 4.79 Å². The number of nitrogens with zero attached hydrogens (tertiary/aromatic N) is 1. The largest absolute Gasteiger partial charge is 0.344 e. The van der Waals surface area contributed by atoms with E-state index in [1.54, 1.807) is 12.4 Å². The molecule has 15 heavy (non-hydrogen) atoms. The van der Waals surface area contributed by atoms with Crippen LogP contribution in [-0.4, -0.2) is 15.9 Å². The van der Waals surface area contributed by atoms with Gasteiger partial charge in [-0.1, -0.05) is 6.92 Å². The highest BCUT2D eigenvalue weighted by atomic mass is 79.9. The molecule has 2 N–H and O–H groups in total. The first kappa shape index (κ1) is 10.2. The third-order valence-electron chi connectivity index (χ3n) is 2.09. The van der Waals surface area contributed by atoms with Crippen molar-refractivity contribution >= 4 is 38.6 Å². The van der Waals surface area contributed by atoms with E-state index in [4.69, 9.17) is 0 Å². The fraction of sp³-hybridized carbons (Fsp3) is 0.200. The Balaban J connectivity index is 2.43. The molecule has 0 aliphatic carbocycles. The number of anilines is 1. The van der Waals surface area contributed by atoms with E-state index in [-0.39, 0.29) is 5.91 Å². The van der Waals surface area contributed by atoms with Crippen molar-refractivity contribution in [3.63, 3.8) is 0 Å². The molecule has 5 heteroatoms. The van der Waals surface area contributed by atoms with Gasteiger partial charge in [-0.15, -0.1) is 0 Å². The molecular formula is C10H10BrN3O.